The van der Waals surface area contributed by atoms with Gasteiger partial charge in [0.15, 0.2) is 0 Å². The van der Waals surface area contributed by atoms with E-state index in [0.29, 0.717) is 45.6 Å². The SMILES string of the molecule is CNC(=O)CCN(C)CC1(O)CCOCC1. The molecule has 0 aromatic rings. The lowest BCUT2D eigenvalue weighted by molar-refractivity contribution is -0.121. The van der Waals surface area contributed by atoms with Crippen molar-refractivity contribution in [2.75, 3.05) is 40.4 Å². The molecule has 1 aliphatic rings. The molecule has 1 aliphatic heterocycles. The van der Waals surface area contributed by atoms with E-state index in [1.807, 2.05) is 11.9 Å². The molecule has 1 rings (SSSR count). The molecule has 0 bridgehead atoms. The molecule has 5 heteroatoms. The highest BCUT2D eigenvalue weighted by Crippen LogP contribution is 2.21. The van der Waals surface area contributed by atoms with Crippen LogP contribution in [0.3, 0.4) is 0 Å². The molecule has 1 heterocycles. The van der Waals surface area contributed by atoms with Gasteiger partial charge in [0.1, 0.15) is 0 Å². The van der Waals surface area contributed by atoms with Gasteiger partial charge in [0.25, 0.3) is 0 Å². The molecule has 0 aromatic heterocycles. The van der Waals surface area contributed by atoms with Crippen molar-refractivity contribution in [3.63, 3.8) is 0 Å². The summed E-state index contributed by atoms with van der Waals surface area (Å²) in [5.41, 5.74) is -0.643. The lowest BCUT2D eigenvalue weighted by atomic mass is 9.94. The second-order valence-corrected chi connectivity index (χ2v) is 4.50. The first-order chi connectivity index (χ1) is 7.56. The number of hydrogen-bond donors (Lipinski definition) is 2. The molecule has 0 saturated carbocycles. The fourth-order valence-corrected chi connectivity index (χ4v) is 1.91. The van der Waals surface area contributed by atoms with E-state index >= 15 is 0 Å². The van der Waals surface area contributed by atoms with Gasteiger partial charge in [-0.2, -0.15) is 0 Å². The fourth-order valence-electron chi connectivity index (χ4n) is 1.91. The van der Waals surface area contributed by atoms with Gasteiger partial charge in [0.05, 0.1) is 5.60 Å². The first-order valence-corrected chi connectivity index (χ1v) is 5.75. The normalized spacial score (nSPS) is 19.8. The van der Waals surface area contributed by atoms with Crippen molar-refractivity contribution >= 4 is 5.91 Å². The van der Waals surface area contributed by atoms with Crippen LogP contribution in [-0.4, -0.2) is 61.9 Å². The molecule has 5 nitrogen and oxygen atoms in total. The minimum atomic E-state index is -0.643. The van der Waals surface area contributed by atoms with Crippen LogP contribution in [0.4, 0.5) is 0 Å². The summed E-state index contributed by atoms with van der Waals surface area (Å²) < 4.78 is 5.22. The minimum Gasteiger partial charge on any atom is -0.388 e. The highest BCUT2D eigenvalue weighted by molar-refractivity contribution is 5.75. The van der Waals surface area contributed by atoms with Crippen molar-refractivity contribution in [1.82, 2.24) is 10.2 Å². The summed E-state index contributed by atoms with van der Waals surface area (Å²) >= 11 is 0. The Hall–Kier alpha value is -0.650. The summed E-state index contributed by atoms with van der Waals surface area (Å²) in [6, 6.07) is 0. The first kappa shape index (κ1) is 13.4. The third-order valence-corrected chi connectivity index (χ3v) is 2.99. The van der Waals surface area contributed by atoms with E-state index in [0.717, 1.165) is 0 Å². The van der Waals surface area contributed by atoms with Gasteiger partial charge in [-0.25, -0.2) is 0 Å². The summed E-state index contributed by atoms with van der Waals surface area (Å²) in [5.74, 6) is 0.0332. The Morgan fingerprint density at radius 2 is 2.12 bits per heavy atom. The van der Waals surface area contributed by atoms with Crippen LogP contribution in [0.5, 0.6) is 0 Å². The molecule has 1 fully saturated rings. The molecular formula is C11H22N2O3. The minimum absolute atomic E-state index is 0.0332. The van der Waals surface area contributed by atoms with Gasteiger partial charge < -0.3 is 20.1 Å². The summed E-state index contributed by atoms with van der Waals surface area (Å²) in [6.45, 7) is 2.52. The predicted octanol–water partition coefficient (Wildman–Crippen LogP) is -0.404. The van der Waals surface area contributed by atoms with Crippen LogP contribution >= 0.6 is 0 Å². The van der Waals surface area contributed by atoms with E-state index < -0.39 is 5.60 Å². The van der Waals surface area contributed by atoms with Gasteiger partial charge in [-0.3, -0.25) is 4.79 Å². The maximum atomic E-state index is 11.1. The summed E-state index contributed by atoms with van der Waals surface area (Å²) in [5, 5.41) is 12.8. The van der Waals surface area contributed by atoms with Crippen molar-refractivity contribution in [3.8, 4) is 0 Å². The van der Waals surface area contributed by atoms with Crippen LogP contribution in [0.15, 0.2) is 0 Å². The number of nitrogens with zero attached hydrogens (tertiary/aromatic N) is 1. The first-order valence-electron chi connectivity index (χ1n) is 5.75. The average molecular weight is 230 g/mol. The third kappa shape index (κ3) is 4.47. The van der Waals surface area contributed by atoms with Crippen molar-refractivity contribution < 1.29 is 14.6 Å². The highest BCUT2D eigenvalue weighted by Gasteiger charge is 2.30. The zero-order valence-electron chi connectivity index (χ0n) is 10.2. The number of amides is 1. The van der Waals surface area contributed by atoms with Gasteiger partial charge in [-0.15, -0.1) is 0 Å². The zero-order chi connectivity index (χ0) is 12.0. The van der Waals surface area contributed by atoms with E-state index in [-0.39, 0.29) is 5.91 Å². The summed E-state index contributed by atoms with van der Waals surface area (Å²) in [6.07, 6.45) is 1.83. The van der Waals surface area contributed by atoms with Crippen molar-refractivity contribution in [1.29, 1.82) is 0 Å². The average Bonchev–Trinajstić information content (AvgIpc) is 2.26. The molecule has 0 aliphatic carbocycles. The molecular weight excluding hydrogens is 208 g/mol. The Morgan fingerprint density at radius 1 is 1.50 bits per heavy atom. The van der Waals surface area contributed by atoms with Crippen molar-refractivity contribution in [2.24, 2.45) is 0 Å². The lowest BCUT2D eigenvalue weighted by Gasteiger charge is -2.35. The van der Waals surface area contributed by atoms with E-state index in [1.165, 1.54) is 0 Å². The van der Waals surface area contributed by atoms with Gasteiger partial charge >= 0.3 is 0 Å². The van der Waals surface area contributed by atoms with Crippen LogP contribution in [0.25, 0.3) is 0 Å². The second kappa shape index (κ2) is 6.18. The van der Waals surface area contributed by atoms with E-state index in [2.05, 4.69) is 5.32 Å². The lowest BCUT2D eigenvalue weighted by Crippen LogP contribution is -2.46. The Morgan fingerprint density at radius 3 is 2.69 bits per heavy atom. The molecule has 0 radical (unpaired) electrons. The van der Waals surface area contributed by atoms with Crippen molar-refractivity contribution in [2.45, 2.75) is 24.9 Å². The number of ether oxygens (including phenoxy) is 1. The smallest absolute Gasteiger partial charge is 0.221 e. The van der Waals surface area contributed by atoms with E-state index in [9.17, 15) is 9.90 Å². The van der Waals surface area contributed by atoms with Gasteiger partial charge in [-0.1, -0.05) is 0 Å². The van der Waals surface area contributed by atoms with Crippen molar-refractivity contribution in [3.05, 3.63) is 0 Å². The Kier molecular flexibility index (Phi) is 5.18. The molecule has 0 unspecified atom stereocenters. The molecule has 1 saturated heterocycles. The molecule has 1 amide bonds. The number of nitrogens with one attached hydrogen (secondary N) is 1. The number of carbonyl (C=O) groups excluding carboxylic acids is 1. The van der Waals surface area contributed by atoms with Gasteiger partial charge in [0.2, 0.25) is 5.91 Å². The van der Waals surface area contributed by atoms with Crippen LogP contribution < -0.4 is 5.32 Å². The maximum absolute atomic E-state index is 11.1. The van der Waals surface area contributed by atoms with Crippen LogP contribution in [0.2, 0.25) is 0 Å². The second-order valence-electron chi connectivity index (χ2n) is 4.50. The number of carbonyl (C=O) groups is 1. The molecule has 0 aromatic carbocycles. The standard InChI is InChI=1S/C11H22N2O3/c1-12-10(14)3-6-13(2)9-11(15)4-7-16-8-5-11/h15H,3-9H2,1-2H3,(H,12,14). The van der Waals surface area contributed by atoms with Crippen LogP contribution in [-0.2, 0) is 9.53 Å². The summed E-state index contributed by atoms with van der Waals surface area (Å²) in [7, 11) is 3.56. The number of aliphatic hydroxyl groups is 1. The van der Waals surface area contributed by atoms with Gasteiger partial charge in [-0.05, 0) is 7.05 Å². The van der Waals surface area contributed by atoms with Crippen LogP contribution in [0, 0.1) is 0 Å². The molecule has 2 N–H and O–H groups in total. The fraction of sp³-hybridized carbons (Fsp3) is 0.909. The highest BCUT2D eigenvalue weighted by atomic mass is 16.5. The molecule has 94 valence electrons. The third-order valence-electron chi connectivity index (χ3n) is 2.99. The largest absolute Gasteiger partial charge is 0.388 e. The molecule has 16 heavy (non-hydrogen) atoms. The Bertz CT molecular complexity index is 227. The maximum Gasteiger partial charge on any atom is 0.221 e. The Balaban J connectivity index is 2.26. The number of hydrogen-bond acceptors (Lipinski definition) is 4. The van der Waals surface area contributed by atoms with Crippen LogP contribution in [0.1, 0.15) is 19.3 Å². The van der Waals surface area contributed by atoms with Gasteiger partial charge in [0, 0.05) is 52.6 Å². The van der Waals surface area contributed by atoms with E-state index in [1.54, 1.807) is 7.05 Å². The monoisotopic (exact) mass is 230 g/mol. The quantitative estimate of drug-likeness (QED) is 0.674. The van der Waals surface area contributed by atoms with E-state index in [4.69, 9.17) is 4.74 Å². The Labute approximate surface area is 96.8 Å². The zero-order valence-corrected chi connectivity index (χ0v) is 10.2. The predicted molar refractivity (Wildman–Crippen MR) is 61.2 cm³/mol. The number of likely N-dealkylation sites (N-methyl/N-ethyl adjacent to an activating group) is 1. The molecule has 0 atom stereocenters. The topological polar surface area (TPSA) is 61.8 Å². The number of rotatable bonds is 5. The molecule has 0 spiro atoms. The summed E-state index contributed by atoms with van der Waals surface area (Å²) in [4.78, 5) is 13.1.